The molecule has 16 rings (SSSR count). The van der Waals surface area contributed by atoms with Crippen molar-refractivity contribution in [1.29, 1.82) is 0 Å². The van der Waals surface area contributed by atoms with Crippen LogP contribution in [0.25, 0.3) is 93.9 Å². The van der Waals surface area contributed by atoms with E-state index in [2.05, 4.69) is 316 Å². The van der Waals surface area contributed by atoms with Crippen molar-refractivity contribution >= 4 is 101 Å². The summed E-state index contributed by atoms with van der Waals surface area (Å²) in [6.07, 6.45) is 0. The summed E-state index contributed by atoms with van der Waals surface area (Å²) in [4.78, 5) is 5.05. The van der Waals surface area contributed by atoms with Crippen LogP contribution in [0, 0.1) is 0 Å². The van der Waals surface area contributed by atoms with Gasteiger partial charge in [0.1, 0.15) is 11.2 Å². The van der Waals surface area contributed by atoms with Crippen molar-refractivity contribution in [3.63, 3.8) is 0 Å². The zero-order chi connectivity index (χ0) is 68.4. The smallest absolute Gasteiger partial charge is 0.252 e. The van der Waals surface area contributed by atoms with Crippen LogP contribution in [0.4, 0.5) is 34.1 Å². The van der Waals surface area contributed by atoms with Gasteiger partial charge in [0.25, 0.3) is 6.71 Å². The highest BCUT2D eigenvalue weighted by Crippen LogP contribution is 2.54. The number of rotatable bonds is 7. The Labute approximate surface area is 555 Å². The Balaban J connectivity index is 1.10. The number of furan rings is 1. The average Bonchev–Trinajstić information content (AvgIpc) is 0.976. The summed E-state index contributed by atoms with van der Waals surface area (Å²) in [7, 11) is 0. The van der Waals surface area contributed by atoms with Crippen molar-refractivity contribution in [2.75, 3.05) is 9.80 Å². The maximum atomic E-state index is 9.58. The fourth-order valence-electron chi connectivity index (χ4n) is 14.8. The van der Waals surface area contributed by atoms with Crippen LogP contribution >= 0.6 is 0 Å². The van der Waals surface area contributed by atoms with Crippen molar-refractivity contribution in [2.24, 2.45) is 0 Å². The number of fused-ring (bicyclic) bond motifs is 10. The third kappa shape index (κ3) is 9.64. The van der Waals surface area contributed by atoms with Crippen LogP contribution in [0.3, 0.4) is 0 Å². The van der Waals surface area contributed by atoms with E-state index in [0.717, 1.165) is 139 Å². The molecule has 0 unspecified atom stereocenters. The minimum absolute atomic E-state index is 0.135. The van der Waals surface area contributed by atoms with Gasteiger partial charge < -0.3 is 18.8 Å². The molecule has 0 aliphatic carbocycles. The maximum Gasteiger partial charge on any atom is 0.252 e. The molecular formula is C88H78BN3O. The van der Waals surface area contributed by atoms with Crippen LogP contribution in [0.5, 0.6) is 0 Å². The van der Waals surface area contributed by atoms with Crippen molar-refractivity contribution in [3.05, 3.63) is 277 Å². The normalized spacial score (nSPS) is 14.1. The standard InChI is InChI=1S/C88H78BN3O/c1-85(2,3)62-44-59(45-63(52-62)86(4,5)6)58-41-43-71-74(47-58)92(77-48-60(56-30-18-14-19-31-56)51-81-83(77)68-36-24-27-39-80(68)93-81)79-54-64(87(7,8)9)53-78-84(79)89(71)70-42-40-57(55-28-16-13-17-29-55)46-73(70)91(78)76-50-61(66-34-22-25-37-69(66)88(10,11)12)49-75-82(76)67-35-23-26-38-72(67)90(75)65-32-20-15-21-33-65/h13-54H,1-12H3/i13D,16D,17D,28D,29D. The molecule has 14 aromatic rings. The van der Waals surface area contributed by atoms with E-state index >= 15 is 0 Å². The number of hydrogen-bond donors (Lipinski definition) is 0. The highest BCUT2D eigenvalue weighted by atomic mass is 16.3. The van der Waals surface area contributed by atoms with Crippen LogP contribution in [-0.2, 0) is 21.7 Å². The Kier molecular flexibility index (Phi) is 12.0. The van der Waals surface area contributed by atoms with E-state index in [1.54, 1.807) is 0 Å². The Bertz CT molecular complexity index is 5580. The van der Waals surface area contributed by atoms with Crippen molar-refractivity contribution < 1.29 is 11.3 Å². The van der Waals surface area contributed by atoms with Gasteiger partial charge in [0.2, 0.25) is 0 Å². The molecule has 2 aliphatic rings. The Morgan fingerprint density at radius 1 is 0.344 bits per heavy atom. The van der Waals surface area contributed by atoms with Crippen LogP contribution < -0.4 is 26.2 Å². The lowest BCUT2D eigenvalue weighted by Gasteiger charge is -2.45. The monoisotopic (exact) mass is 1210 g/mol. The first-order valence-electron chi connectivity index (χ1n) is 35.3. The van der Waals surface area contributed by atoms with E-state index in [9.17, 15) is 2.74 Å². The minimum Gasteiger partial charge on any atom is -0.456 e. The zero-order valence-corrected chi connectivity index (χ0v) is 55.2. The van der Waals surface area contributed by atoms with Crippen LogP contribution in [-0.4, -0.2) is 11.3 Å². The average molecular weight is 1210 g/mol. The number of aromatic nitrogens is 1. The lowest BCUT2D eigenvalue weighted by molar-refractivity contribution is 0.569. The molecule has 4 heterocycles. The fourth-order valence-corrected chi connectivity index (χ4v) is 14.8. The molecule has 0 bridgehead atoms. The van der Waals surface area contributed by atoms with Crippen molar-refractivity contribution in [3.8, 4) is 50.2 Å². The van der Waals surface area contributed by atoms with Crippen molar-refractivity contribution in [2.45, 2.75) is 105 Å². The quantitative estimate of drug-likeness (QED) is 0.149. The van der Waals surface area contributed by atoms with Crippen LogP contribution in [0.1, 0.15) is 112 Å². The first-order chi connectivity index (χ1) is 46.7. The second-order valence-corrected chi connectivity index (χ2v) is 29.8. The van der Waals surface area contributed by atoms with Gasteiger partial charge in [0, 0.05) is 44.6 Å². The number of benzene rings is 12. The van der Waals surface area contributed by atoms with E-state index in [0.29, 0.717) is 5.56 Å². The van der Waals surface area contributed by atoms with E-state index in [1.165, 1.54) is 16.7 Å². The molecule has 2 aliphatic heterocycles. The SMILES string of the molecule is [2H]c1c([2H])c([2H])c(-c2ccc3c(c2)N(c2cc(-c4ccccc4C(C)(C)C)cc4c2c2ccccc2n4-c2ccccc2)c2cc(C(C)(C)C)cc4c2B3c2ccc(-c3cc(C(C)(C)C)cc(C(C)(C)C)c3)cc2N4c2cc(-c3ccccc3)cc3oc4ccccc4c23)c([2H])c1[2H]. The van der Waals surface area contributed by atoms with Gasteiger partial charge in [-0.25, -0.2) is 0 Å². The largest absolute Gasteiger partial charge is 0.456 e. The molecule has 2 aromatic heterocycles. The lowest BCUT2D eigenvalue weighted by atomic mass is 9.33. The maximum absolute atomic E-state index is 9.58. The summed E-state index contributed by atoms with van der Waals surface area (Å²) in [5, 5.41) is 4.13. The Morgan fingerprint density at radius 2 is 0.860 bits per heavy atom. The number of nitrogens with zero attached hydrogens (tertiary/aromatic N) is 3. The summed E-state index contributed by atoms with van der Waals surface area (Å²) in [5.74, 6) is 0. The van der Waals surface area contributed by atoms with E-state index in [-0.39, 0.29) is 52.7 Å². The zero-order valence-electron chi connectivity index (χ0n) is 60.2. The third-order valence-electron chi connectivity index (χ3n) is 19.6. The highest BCUT2D eigenvalue weighted by molar-refractivity contribution is 7.00. The first-order valence-corrected chi connectivity index (χ1v) is 32.8. The van der Waals surface area contributed by atoms with Gasteiger partial charge >= 0.3 is 0 Å². The number of anilines is 6. The van der Waals surface area contributed by atoms with E-state index in [1.807, 2.05) is 6.07 Å². The summed E-state index contributed by atoms with van der Waals surface area (Å²) in [6, 6.07) is 80.4. The molecular weight excluding hydrogens is 1130 g/mol. The fraction of sp³-hybridized carbons (Fsp3) is 0.182. The van der Waals surface area contributed by atoms with Gasteiger partial charge in [-0.3, -0.25) is 0 Å². The molecule has 0 saturated carbocycles. The van der Waals surface area contributed by atoms with E-state index < -0.39 is 11.5 Å². The van der Waals surface area contributed by atoms with E-state index in [4.69, 9.17) is 8.53 Å². The van der Waals surface area contributed by atoms with Gasteiger partial charge in [-0.05, 0) is 178 Å². The molecule has 12 aromatic carbocycles. The highest BCUT2D eigenvalue weighted by Gasteiger charge is 2.46. The molecule has 5 heteroatoms. The lowest BCUT2D eigenvalue weighted by Crippen LogP contribution is -2.61. The number of hydrogen-bond acceptors (Lipinski definition) is 3. The topological polar surface area (TPSA) is 24.6 Å². The molecule has 93 heavy (non-hydrogen) atoms. The first kappa shape index (κ1) is 52.5. The predicted octanol–water partition coefficient (Wildman–Crippen LogP) is 22.6. The number of para-hydroxylation sites is 3. The summed E-state index contributed by atoms with van der Waals surface area (Å²) in [6.45, 7) is 27.2. The van der Waals surface area contributed by atoms with Gasteiger partial charge in [-0.1, -0.05) is 265 Å². The molecule has 4 nitrogen and oxygen atoms in total. The molecule has 454 valence electrons. The molecule has 0 amide bonds. The Morgan fingerprint density at radius 3 is 1.49 bits per heavy atom. The second-order valence-electron chi connectivity index (χ2n) is 29.8. The van der Waals surface area contributed by atoms with Gasteiger partial charge in [0.15, 0.2) is 0 Å². The second kappa shape index (κ2) is 21.2. The van der Waals surface area contributed by atoms with Gasteiger partial charge in [-0.2, -0.15) is 0 Å². The van der Waals surface area contributed by atoms with Crippen LogP contribution in [0.15, 0.2) is 259 Å². The molecule has 0 saturated heterocycles. The summed E-state index contributed by atoms with van der Waals surface area (Å²) >= 11 is 0. The summed E-state index contributed by atoms with van der Waals surface area (Å²) < 4.78 is 55.6. The van der Waals surface area contributed by atoms with Gasteiger partial charge in [0.05, 0.1) is 34.6 Å². The predicted molar refractivity (Wildman–Crippen MR) is 399 cm³/mol. The summed E-state index contributed by atoms with van der Waals surface area (Å²) in [5.41, 5.74) is 24.8. The van der Waals surface area contributed by atoms with Crippen LogP contribution in [0.2, 0.25) is 0 Å². The molecule has 0 radical (unpaired) electrons. The molecule has 0 N–H and O–H groups in total. The molecule has 0 atom stereocenters. The van der Waals surface area contributed by atoms with Gasteiger partial charge in [-0.15, -0.1) is 0 Å². The van der Waals surface area contributed by atoms with Crippen molar-refractivity contribution in [1.82, 2.24) is 4.57 Å². The Hall–Kier alpha value is -10.1. The minimum atomic E-state index is -0.429. The molecule has 0 spiro atoms. The molecule has 0 fully saturated rings. The third-order valence-corrected chi connectivity index (χ3v) is 19.6.